The summed E-state index contributed by atoms with van der Waals surface area (Å²) in [6.45, 7) is 5.78. The molecule has 138 valence electrons. The Labute approximate surface area is 148 Å². The molecule has 0 aliphatic carbocycles. The molecule has 25 heavy (non-hydrogen) atoms. The summed E-state index contributed by atoms with van der Waals surface area (Å²) in [6, 6.07) is 9.26. The van der Waals surface area contributed by atoms with Crippen LogP contribution in [0.3, 0.4) is 0 Å². The number of alkyl carbamates (subject to hydrolysis) is 1. The van der Waals surface area contributed by atoms with Crippen molar-refractivity contribution >= 4 is 17.8 Å². The van der Waals surface area contributed by atoms with Crippen molar-refractivity contribution in [3.8, 4) is 0 Å². The SMILES string of the molecule is CC(C)(C)OC(=O)CNCCC(=O)CNC(=O)OCc1ccccc1. The molecule has 0 fully saturated rings. The Bertz CT molecular complexity index is 567. The molecule has 0 spiro atoms. The third kappa shape index (κ3) is 10.9. The summed E-state index contributed by atoms with van der Waals surface area (Å²) in [6.07, 6.45) is -0.444. The molecule has 0 atom stereocenters. The van der Waals surface area contributed by atoms with Crippen LogP contribution in [-0.2, 0) is 25.7 Å². The first-order valence-electron chi connectivity index (χ1n) is 8.15. The number of rotatable bonds is 9. The highest BCUT2D eigenvalue weighted by Crippen LogP contribution is 2.06. The molecular formula is C18H26N2O5. The number of hydrogen-bond acceptors (Lipinski definition) is 6. The Morgan fingerprint density at radius 3 is 2.36 bits per heavy atom. The van der Waals surface area contributed by atoms with Gasteiger partial charge in [-0.05, 0) is 26.3 Å². The first-order chi connectivity index (χ1) is 11.8. The van der Waals surface area contributed by atoms with Gasteiger partial charge in [0.15, 0.2) is 5.78 Å². The molecule has 7 heteroatoms. The topological polar surface area (TPSA) is 93.7 Å². The highest BCUT2D eigenvalue weighted by atomic mass is 16.6. The molecule has 0 bridgehead atoms. The number of nitrogens with one attached hydrogen (secondary N) is 2. The van der Waals surface area contributed by atoms with Gasteiger partial charge in [0.25, 0.3) is 0 Å². The van der Waals surface area contributed by atoms with E-state index in [0.29, 0.717) is 6.54 Å². The van der Waals surface area contributed by atoms with Crippen LogP contribution < -0.4 is 10.6 Å². The second-order valence-electron chi connectivity index (χ2n) is 6.47. The van der Waals surface area contributed by atoms with Crippen molar-refractivity contribution in [2.75, 3.05) is 19.6 Å². The Balaban J connectivity index is 2.08. The fourth-order valence-corrected chi connectivity index (χ4v) is 1.83. The second-order valence-corrected chi connectivity index (χ2v) is 6.47. The van der Waals surface area contributed by atoms with Crippen LogP contribution in [0.2, 0.25) is 0 Å². The minimum absolute atomic E-state index is 0.0388. The number of carbonyl (C=O) groups is 3. The van der Waals surface area contributed by atoms with Crippen LogP contribution in [0.1, 0.15) is 32.8 Å². The monoisotopic (exact) mass is 350 g/mol. The van der Waals surface area contributed by atoms with Gasteiger partial charge in [0.2, 0.25) is 0 Å². The molecule has 2 N–H and O–H groups in total. The smallest absolute Gasteiger partial charge is 0.407 e. The summed E-state index contributed by atoms with van der Waals surface area (Å²) < 4.78 is 10.1. The minimum atomic E-state index is -0.640. The maximum Gasteiger partial charge on any atom is 0.407 e. The predicted molar refractivity (Wildman–Crippen MR) is 93.0 cm³/mol. The molecule has 1 amide bonds. The molecule has 0 unspecified atom stereocenters. The number of benzene rings is 1. The van der Waals surface area contributed by atoms with E-state index in [1.54, 1.807) is 20.8 Å². The summed E-state index contributed by atoms with van der Waals surface area (Å²) in [7, 11) is 0. The normalized spacial score (nSPS) is 10.8. The molecular weight excluding hydrogens is 324 g/mol. The second kappa shape index (κ2) is 10.5. The van der Waals surface area contributed by atoms with Crippen LogP contribution in [0.5, 0.6) is 0 Å². The zero-order valence-electron chi connectivity index (χ0n) is 15.0. The summed E-state index contributed by atoms with van der Waals surface area (Å²) in [4.78, 5) is 34.6. The Kier molecular flexibility index (Phi) is 8.63. The van der Waals surface area contributed by atoms with Crippen molar-refractivity contribution < 1.29 is 23.9 Å². The van der Waals surface area contributed by atoms with E-state index < -0.39 is 11.7 Å². The van der Waals surface area contributed by atoms with Gasteiger partial charge in [0.05, 0.1) is 13.1 Å². The molecule has 0 heterocycles. The van der Waals surface area contributed by atoms with Crippen LogP contribution in [0.4, 0.5) is 4.79 Å². The Morgan fingerprint density at radius 2 is 1.72 bits per heavy atom. The van der Waals surface area contributed by atoms with Crippen LogP contribution in [-0.4, -0.2) is 43.1 Å². The van der Waals surface area contributed by atoms with Crippen molar-refractivity contribution in [2.45, 2.75) is 39.4 Å². The van der Waals surface area contributed by atoms with Crippen LogP contribution >= 0.6 is 0 Å². The van der Waals surface area contributed by atoms with Crippen molar-refractivity contribution in [3.63, 3.8) is 0 Å². The van der Waals surface area contributed by atoms with Gasteiger partial charge in [-0.3, -0.25) is 9.59 Å². The first-order valence-corrected chi connectivity index (χ1v) is 8.15. The Morgan fingerprint density at radius 1 is 1.04 bits per heavy atom. The zero-order chi connectivity index (χ0) is 18.7. The molecule has 0 saturated heterocycles. The van der Waals surface area contributed by atoms with Gasteiger partial charge in [0.1, 0.15) is 12.2 Å². The van der Waals surface area contributed by atoms with E-state index in [4.69, 9.17) is 9.47 Å². The van der Waals surface area contributed by atoms with Gasteiger partial charge < -0.3 is 20.1 Å². The lowest BCUT2D eigenvalue weighted by atomic mass is 10.2. The summed E-state index contributed by atoms with van der Waals surface area (Å²) in [5.74, 6) is -0.532. The van der Waals surface area contributed by atoms with E-state index in [0.717, 1.165) is 5.56 Å². The van der Waals surface area contributed by atoms with Crippen LogP contribution in [0, 0.1) is 0 Å². The lowest BCUT2D eigenvalue weighted by Gasteiger charge is -2.19. The molecule has 0 aromatic heterocycles. The van der Waals surface area contributed by atoms with Gasteiger partial charge in [0, 0.05) is 13.0 Å². The molecule has 7 nitrogen and oxygen atoms in total. The number of amides is 1. The lowest BCUT2D eigenvalue weighted by Crippen LogP contribution is -2.34. The number of Topliss-reactive ketones (excluding diaryl/α,β-unsaturated/α-hetero) is 1. The van der Waals surface area contributed by atoms with Gasteiger partial charge in [-0.1, -0.05) is 30.3 Å². The molecule has 1 rings (SSSR count). The van der Waals surface area contributed by atoms with Gasteiger partial charge >= 0.3 is 12.1 Å². The van der Waals surface area contributed by atoms with Crippen molar-refractivity contribution in [2.24, 2.45) is 0 Å². The average molecular weight is 350 g/mol. The maximum absolute atomic E-state index is 11.7. The van der Waals surface area contributed by atoms with Gasteiger partial charge in [-0.2, -0.15) is 0 Å². The van der Waals surface area contributed by atoms with E-state index in [2.05, 4.69) is 10.6 Å². The molecule has 0 saturated carbocycles. The minimum Gasteiger partial charge on any atom is -0.459 e. The maximum atomic E-state index is 11.7. The lowest BCUT2D eigenvalue weighted by molar-refractivity contribution is -0.153. The van der Waals surface area contributed by atoms with E-state index in [1.807, 2.05) is 30.3 Å². The highest BCUT2D eigenvalue weighted by molar-refractivity contribution is 5.84. The third-order valence-electron chi connectivity index (χ3n) is 2.91. The Hall–Kier alpha value is -2.41. The fourth-order valence-electron chi connectivity index (χ4n) is 1.83. The van der Waals surface area contributed by atoms with Crippen molar-refractivity contribution in [1.82, 2.24) is 10.6 Å². The van der Waals surface area contributed by atoms with E-state index in [1.165, 1.54) is 0 Å². The molecule has 0 aliphatic rings. The number of ether oxygens (including phenoxy) is 2. The summed E-state index contributed by atoms with van der Waals surface area (Å²) in [5.41, 5.74) is 0.342. The molecule has 0 radical (unpaired) electrons. The van der Waals surface area contributed by atoms with Crippen LogP contribution in [0.15, 0.2) is 30.3 Å². The number of hydrogen-bond donors (Lipinski definition) is 2. The molecule has 0 aliphatic heterocycles. The standard InChI is InChI=1S/C18H26N2O5/c1-18(2,3)25-16(22)12-19-10-9-15(21)11-20-17(23)24-13-14-7-5-4-6-8-14/h4-8,19H,9-13H2,1-3H3,(H,20,23). The van der Waals surface area contributed by atoms with Crippen molar-refractivity contribution in [1.29, 1.82) is 0 Å². The van der Waals surface area contributed by atoms with Crippen LogP contribution in [0.25, 0.3) is 0 Å². The molecule has 1 aromatic carbocycles. The highest BCUT2D eigenvalue weighted by Gasteiger charge is 2.15. The molecule has 1 aromatic rings. The number of ketones is 1. The van der Waals surface area contributed by atoms with E-state index >= 15 is 0 Å². The van der Waals surface area contributed by atoms with E-state index in [-0.39, 0.29) is 37.9 Å². The van der Waals surface area contributed by atoms with E-state index in [9.17, 15) is 14.4 Å². The summed E-state index contributed by atoms with van der Waals surface area (Å²) >= 11 is 0. The fraction of sp³-hybridized carbons (Fsp3) is 0.500. The zero-order valence-corrected chi connectivity index (χ0v) is 15.0. The number of carbonyl (C=O) groups excluding carboxylic acids is 3. The summed E-state index contributed by atoms with van der Waals surface area (Å²) in [5, 5.41) is 5.24. The largest absolute Gasteiger partial charge is 0.459 e. The number of esters is 1. The van der Waals surface area contributed by atoms with Gasteiger partial charge in [-0.15, -0.1) is 0 Å². The average Bonchev–Trinajstić information content (AvgIpc) is 2.54. The van der Waals surface area contributed by atoms with Gasteiger partial charge in [-0.25, -0.2) is 4.79 Å². The quantitative estimate of drug-likeness (QED) is 0.521. The predicted octanol–water partition coefficient (Wildman–Crippen LogP) is 1.80. The first kappa shape index (κ1) is 20.6. The van der Waals surface area contributed by atoms with Crippen molar-refractivity contribution in [3.05, 3.63) is 35.9 Å². The third-order valence-corrected chi connectivity index (χ3v) is 2.91.